The maximum Gasteiger partial charge on any atom is 0.410 e. The van der Waals surface area contributed by atoms with Crippen molar-refractivity contribution in [1.29, 1.82) is 0 Å². The summed E-state index contributed by atoms with van der Waals surface area (Å²) in [6.07, 6.45) is 0.352. The molecule has 17 heavy (non-hydrogen) atoms. The van der Waals surface area contributed by atoms with Crippen molar-refractivity contribution in [2.24, 2.45) is 5.41 Å². The third kappa shape index (κ3) is 4.54. The minimum absolute atomic E-state index is 0.0847. The van der Waals surface area contributed by atoms with Gasteiger partial charge in [-0.05, 0) is 39.5 Å². The Labute approximate surface area is 104 Å². The molecule has 0 aromatic carbocycles. The molecular weight excluding hydrogens is 218 g/mol. The first-order valence-corrected chi connectivity index (χ1v) is 6.11. The van der Waals surface area contributed by atoms with E-state index in [1.165, 1.54) is 0 Å². The number of piperidine rings is 1. The maximum atomic E-state index is 12.0. The molecule has 4 nitrogen and oxygen atoms in total. The van der Waals surface area contributed by atoms with E-state index in [2.05, 4.69) is 13.8 Å². The van der Waals surface area contributed by atoms with E-state index in [1.807, 2.05) is 20.8 Å². The van der Waals surface area contributed by atoms with Crippen LogP contribution in [0, 0.1) is 5.41 Å². The lowest BCUT2D eigenvalue weighted by molar-refractivity contribution is -0.0698. The lowest BCUT2D eigenvalue weighted by Crippen LogP contribution is -2.55. The molecule has 0 spiro atoms. The first-order valence-electron chi connectivity index (χ1n) is 6.11. The van der Waals surface area contributed by atoms with Crippen molar-refractivity contribution in [3.63, 3.8) is 0 Å². The average Bonchev–Trinajstić information content (AvgIpc) is 1.93. The second-order valence-corrected chi connectivity index (χ2v) is 7.17. The summed E-state index contributed by atoms with van der Waals surface area (Å²) >= 11 is 0. The van der Waals surface area contributed by atoms with Gasteiger partial charge in [0.05, 0.1) is 12.1 Å². The van der Waals surface area contributed by atoms with Gasteiger partial charge in [-0.25, -0.2) is 4.79 Å². The number of carbonyl (C=O) groups excluding carboxylic acids is 1. The predicted octanol–water partition coefficient (Wildman–Crippen LogP) is 2.40. The molecule has 4 heteroatoms. The number of likely N-dealkylation sites (tertiary alicyclic amines) is 1. The second-order valence-electron chi connectivity index (χ2n) is 7.17. The van der Waals surface area contributed by atoms with Crippen molar-refractivity contribution in [2.75, 3.05) is 13.1 Å². The van der Waals surface area contributed by atoms with Gasteiger partial charge in [0.2, 0.25) is 0 Å². The predicted molar refractivity (Wildman–Crippen MR) is 66.8 cm³/mol. The zero-order valence-corrected chi connectivity index (χ0v) is 11.8. The Morgan fingerprint density at radius 1 is 1.24 bits per heavy atom. The smallest absolute Gasteiger partial charge is 0.410 e. The molecular formula is C13H25NO3. The molecule has 100 valence electrons. The highest BCUT2D eigenvalue weighted by atomic mass is 16.6. The molecule has 1 aliphatic heterocycles. The summed E-state index contributed by atoms with van der Waals surface area (Å²) in [6.45, 7) is 12.4. The number of ether oxygens (including phenoxy) is 1. The molecule has 1 atom stereocenters. The van der Waals surface area contributed by atoms with Crippen LogP contribution in [0.4, 0.5) is 4.79 Å². The van der Waals surface area contributed by atoms with Crippen LogP contribution in [0.2, 0.25) is 0 Å². The monoisotopic (exact) mass is 243 g/mol. The van der Waals surface area contributed by atoms with Gasteiger partial charge in [-0.2, -0.15) is 0 Å². The second kappa shape index (κ2) is 4.16. The van der Waals surface area contributed by atoms with Crippen LogP contribution >= 0.6 is 0 Å². The van der Waals surface area contributed by atoms with Crippen LogP contribution in [0.3, 0.4) is 0 Å². The number of nitrogens with zero attached hydrogens (tertiary/aromatic N) is 1. The minimum Gasteiger partial charge on any atom is -0.444 e. The van der Waals surface area contributed by atoms with E-state index in [-0.39, 0.29) is 11.5 Å². The zero-order chi connectivity index (χ0) is 13.5. The summed E-state index contributed by atoms with van der Waals surface area (Å²) in [4.78, 5) is 13.6. The highest BCUT2D eigenvalue weighted by Crippen LogP contribution is 2.35. The summed E-state index contributed by atoms with van der Waals surface area (Å²) in [5.41, 5.74) is -1.41. The Bertz CT molecular complexity index is 286. The van der Waals surface area contributed by atoms with Gasteiger partial charge >= 0.3 is 6.09 Å². The Balaban J connectivity index is 2.74. The van der Waals surface area contributed by atoms with Crippen LogP contribution in [-0.4, -0.2) is 40.4 Å². The molecule has 1 saturated heterocycles. The van der Waals surface area contributed by atoms with E-state index >= 15 is 0 Å². The standard InChI is InChI=1S/C13H25NO3/c1-11(2,3)17-10(15)14-8-12(4,5)7-13(6,16)9-14/h16H,7-9H2,1-6H3/t13-/m1/s1. The number of amides is 1. The van der Waals surface area contributed by atoms with E-state index in [0.29, 0.717) is 19.5 Å². The van der Waals surface area contributed by atoms with Crippen molar-refractivity contribution < 1.29 is 14.6 Å². The molecule has 1 heterocycles. The third-order valence-electron chi connectivity index (χ3n) is 2.66. The molecule has 1 fully saturated rings. The van der Waals surface area contributed by atoms with Gasteiger partial charge in [0, 0.05) is 6.54 Å². The number of hydrogen-bond acceptors (Lipinski definition) is 3. The molecule has 0 aliphatic carbocycles. The molecule has 1 amide bonds. The molecule has 0 radical (unpaired) electrons. The fraction of sp³-hybridized carbons (Fsp3) is 0.923. The van der Waals surface area contributed by atoms with E-state index in [1.54, 1.807) is 11.8 Å². The van der Waals surface area contributed by atoms with E-state index < -0.39 is 11.2 Å². The Morgan fingerprint density at radius 2 is 1.76 bits per heavy atom. The number of hydrogen-bond donors (Lipinski definition) is 1. The van der Waals surface area contributed by atoms with Crippen LogP contribution in [0.1, 0.15) is 48.0 Å². The fourth-order valence-corrected chi connectivity index (χ4v) is 2.58. The molecule has 0 saturated carbocycles. The van der Waals surface area contributed by atoms with Gasteiger partial charge in [0.15, 0.2) is 0 Å². The summed E-state index contributed by atoms with van der Waals surface area (Å²) < 4.78 is 5.34. The largest absolute Gasteiger partial charge is 0.444 e. The Hall–Kier alpha value is -0.770. The van der Waals surface area contributed by atoms with Crippen molar-refractivity contribution in [3.8, 4) is 0 Å². The van der Waals surface area contributed by atoms with Gasteiger partial charge in [0.25, 0.3) is 0 Å². The highest BCUT2D eigenvalue weighted by Gasteiger charge is 2.41. The maximum absolute atomic E-state index is 12.0. The molecule has 0 unspecified atom stereocenters. The zero-order valence-electron chi connectivity index (χ0n) is 11.8. The normalized spacial score (nSPS) is 29.0. The van der Waals surface area contributed by atoms with Crippen LogP contribution < -0.4 is 0 Å². The van der Waals surface area contributed by atoms with Gasteiger partial charge in [-0.3, -0.25) is 0 Å². The average molecular weight is 243 g/mol. The van der Waals surface area contributed by atoms with Crippen molar-refractivity contribution in [3.05, 3.63) is 0 Å². The SMILES string of the molecule is CC1(C)CN(C(=O)OC(C)(C)C)C[C@](C)(O)C1. The van der Waals surface area contributed by atoms with Gasteiger partial charge in [0.1, 0.15) is 5.60 Å². The van der Waals surface area contributed by atoms with E-state index in [4.69, 9.17) is 4.74 Å². The van der Waals surface area contributed by atoms with Crippen LogP contribution in [0.15, 0.2) is 0 Å². The van der Waals surface area contributed by atoms with E-state index in [0.717, 1.165) is 0 Å². The van der Waals surface area contributed by atoms with Crippen molar-refractivity contribution in [1.82, 2.24) is 4.90 Å². The number of β-amino-alcohol motifs (C(OH)–C–C–N with tert-alkyl or cyclic N) is 1. The summed E-state index contributed by atoms with van der Waals surface area (Å²) in [5, 5.41) is 10.2. The molecule has 0 bridgehead atoms. The third-order valence-corrected chi connectivity index (χ3v) is 2.66. The molecule has 1 N–H and O–H groups in total. The number of rotatable bonds is 0. The lowest BCUT2D eigenvalue weighted by atomic mass is 9.77. The van der Waals surface area contributed by atoms with Crippen molar-refractivity contribution >= 4 is 6.09 Å². The summed E-state index contributed by atoms with van der Waals surface area (Å²) in [7, 11) is 0. The van der Waals surface area contributed by atoms with Gasteiger partial charge in [-0.15, -0.1) is 0 Å². The topological polar surface area (TPSA) is 49.8 Å². The molecule has 1 aliphatic rings. The Morgan fingerprint density at radius 3 is 2.18 bits per heavy atom. The molecule has 0 aromatic rings. The number of aliphatic hydroxyl groups is 1. The highest BCUT2D eigenvalue weighted by molar-refractivity contribution is 5.68. The quantitative estimate of drug-likeness (QED) is 0.710. The Kier molecular flexibility index (Phi) is 3.50. The van der Waals surface area contributed by atoms with Crippen molar-refractivity contribution in [2.45, 2.75) is 59.2 Å². The lowest BCUT2D eigenvalue weighted by Gasteiger charge is -2.45. The fourth-order valence-electron chi connectivity index (χ4n) is 2.58. The summed E-state index contributed by atoms with van der Waals surface area (Å²) in [6, 6.07) is 0. The molecule has 0 aromatic heterocycles. The van der Waals surface area contributed by atoms with Gasteiger partial charge < -0.3 is 14.7 Å². The first kappa shape index (κ1) is 14.3. The van der Waals surface area contributed by atoms with Gasteiger partial charge in [-0.1, -0.05) is 13.8 Å². The van der Waals surface area contributed by atoms with E-state index in [9.17, 15) is 9.90 Å². The molecule has 1 rings (SSSR count). The van der Waals surface area contributed by atoms with Crippen LogP contribution in [0.25, 0.3) is 0 Å². The first-order chi connectivity index (χ1) is 7.40. The summed E-state index contributed by atoms with van der Waals surface area (Å²) in [5.74, 6) is 0. The van der Waals surface area contributed by atoms with Crippen LogP contribution in [-0.2, 0) is 4.74 Å². The van der Waals surface area contributed by atoms with Crippen LogP contribution in [0.5, 0.6) is 0 Å². The minimum atomic E-state index is -0.835. The number of carbonyl (C=O) groups is 1.